The molecule has 0 aromatic heterocycles. The van der Waals surface area contributed by atoms with Crippen molar-refractivity contribution in [3.8, 4) is 0 Å². The maximum absolute atomic E-state index is 12.5. The molecule has 114 valence electrons. The number of carboxylic acid groups (broad SMARTS) is 2. The van der Waals surface area contributed by atoms with E-state index in [2.05, 4.69) is 0 Å². The Kier molecular flexibility index (Phi) is 2.64. The number of Topliss-reactive ketones (excluding diaryl/α,β-unsaturated/α-hetero) is 1. The first-order valence-electron chi connectivity index (χ1n) is 7.17. The summed E-state index contributed by atoms with van der Waals surface area (Å²) in [6.45, 7) is 0. The van der Waals surface area contributed by atoms with E-state index in [4.69, 9.17) is 0 Å². The van der Waals surface area contributed by atoms with Crippen LogP contribution >= 0.6 is 23.5 Å². The van der Waals surface area contributed by atoms with E-state index >= 15 is 0 Å². The first kappa shape index (κ1) is 13.9. The predicted molar refractivity (Wildman–Crippen MR) is 78.2 cm³/mol. The van der Waals surface area contributed by atoms with Crippen molar-refractivity contribution in [2.24, 2.45) is 22.7 Å². The summed E-state index contributed by atoms with van der Waals surface area (Å²) >= 11 is 3.39. The van der Waals surface area contributed by atoms with E-state index in [0.29, 0.717) is 19.3 Å². The maximum atomic E-state index is 12.5. The highest BCUT2D eigenvalue weighted by Crippen LogP contribution is 2.75. The number of carbonyl (C=O) groups is 3. The first-order chi connectivity index (χ1) is 9.88. The Morgan fingerprint density at radius 3 is 2.33 bits per heavy atom. The minimum Gasteiger partial charge on any atom is -0.481 e. The summed E-state index contributed by atoms with van der Waals surface area (Å²) in [5.41, 5.74) is -2.50. The third kappa shape index (κ3) is 1.36. The molecule has 5 aliphatic rings. The molecular weight excluding hydrogens is 312 g/mol. The van der Waals surface area contributed by atoms with Gasteiger partial charge in [-0.25, -0.2) is 0 Å². The molecule has 0 amide bonds. The van der Waals surface area contributed by atoms with Crippen LogP contribution in [-0.4, -0.2) is 43.5 Å². The van der Waals surface area contributed by atoms with Gasteiger partial charge in [-0.05, 0) is 31.6 Å². The second kappa shape index (κ2) is 3.98. The van der Waals surface area contributed by atoms with Gasteiger partial charge in [-0.15, -0.1) is 23.5 Å². The fraction of sp³-hybridized carbons (Fsp3) is 0.786. The Bertz CT molecular complexity index is 570. The van der Waals surface area contributed by atoms with Gasteiger partial charge in [-0.3, -0.25) is 14.4 Å². The lowest BCUT2D eigenvalue weighted by molar-refractivity contribution is -0.189. The van der Waals surface area contributed by atoms with E-state index in [1.165, 1.54) is 0 Å². The van der Waals surface area contributed by atoms with Crippen molar-refractivity contribution in [2.75, 3.05) is 11.5 Å². The fourth-order valence-corrected chi connectivity index (χ4v) is 9.23. The van der Waals surface area contributed by atoms with Crippen molar-refractivity contribution in [2.45, 2.75) is 29.8 Å². The van der Waals surface area contributed by atoms with Gasteiger partial charge in [0, 0.05) is 17.4 Å². The van der Waals surface area contributed by atoms with E-state index in [0.717, 1.165) is 11.5 Å². The second-order valence-corrected chi connectivity index (χ2v) is 9.66. The van der Waals surface area contributed by atoms with Gasteiger partial charge in [0.05, 0.1) is 9.49 Å². The fourth-order valence-electron chi connectivity index (χ4n) is 5.26. The summed E-state index contributed by atoms with van der Waals surface area (Å²) in [7, 11) is 0. The molecular formula is C14H16O5S2. The van der Waals surface area contributed by atoms with E-state index in [1.54, 1.807) is 23.5 Å². The molecule has 4 bridgehead atoms. The number of aliphatic carboxylic acids is 2. The number of thioether (sulfide) groups is 2. The largest absolute Gasteiger partial charge is 0.481 e. The molecule has 4 atom stereocenters. The minimum absolute atomic E-state index is 0.0174. The molecule has 5 fully saturated rings. The molecule has 0 radical (unpaired) electrons. The number of hydrogen-bond donors (Lipinski definition) is 2. The van der Waals surface area contributed by atoms with Crippen molar-refractivity contribution in [1.29, 1.82) is 0 Å². The number of carboxylic acids is 2. The topological polar surface area (TPSA) is 91.7 Å². The summed E-state index contributed by atoms with van der Waals surface area (Å²) in [6.07, 6.45) is 1.30. The van der Waals surface area contributed by atoms with Crippen LogP contribution in [-0.2, 0) is 14.4 Å². The molecule has 5 nitrogen and oxygen atoms in total. The number of hydrogen-bond acceptors (Lipinski definition) is 5. The van der Waals surface area contributed by atoms with Crippen LogP contribution in [0.15, 0.2) is 0 Å². The smallest absolute Gasteiger partial charge is 0.317 e. The SMILES string of the molecule is O=C(O)C12CC3CC(CC(C(=O)O)(C1)C31SCCS1)C2=O. The van der Waals surface area contributed by atoms with Gasteiger partial charge in [0.2, 0.25) is 0 Å². The van der Waals surface area contributed by atoms with Gasteiger partial charge in [-0.2, -0.15) is 0 Å². The number of ketones is 1. The summed E-state index contributed by atoms with van der Waals surface area (Å²) < 4.78 is -0.422. The summed E-state index contributed by atoms with van der Waals surface area (Å²) in [5.74, 6) is -0.771. The van der Waals surface area contributed by atoms with E-state index in [9.17, 15) is 24.6 Å². The van der Waals surface area contributed by atoms with Gasteiger partial charge in [-0.1, -0.05) is 0 Å². The lowest BCUT2D eigenvalue weighted by atomic mass is 9.43. The van der Waals surface area contributed by atoms with Crippen LogP contribution in [0.5, 0.6) is 0 Å². The van der Waals surface area contributed by atoms with E-state index < -0.39 is 26.8 Å². The van der Waals surface area contributed by atoms with Crippen molar-refractivity contribution >= 4 is 41.2 Å². The van der Waals surface area contributed by atoms with Crippen LogP contribution in [0.1, 0.15) is 25.7 Å². The first-order valence-corrected chi connectivity index (χ1v) is 9.14. The minimum atomic E-state index is -1.45. The molecule has 21 heavy (non-hydrogen) atoms. The normalized spacial score (nSPS) is 46.2. The van der Waals surface area contributed by atoms with Crippen LogP contribution in [0.4, 0.5) is 0 Å². The zero-order valence-electron chi connectivity index (χ0n) is 11.3. The predicted octanol–water partition coefficient (Wildman–Crippen LogP) is 1.71. The lowest BCUT2D eigenvalue weighted by Gasteiger charge is -2.65. The lowest BCUT2D eigenvalue weighted by Crippen LogP contribution is -2.71. The molecule has 4 saturated carbocycles. The van der Waals surface area contributed by atoms with Crippen molar-refractivity contribution in [3.63, 3.8) is 0 Å². The molecule has 2 N–H and O–H groups in total. The van der Waals surface area contributed by atoms with Gasteiger partial charge < -0.3 is 10.2 Å². The zero-order chi connectivity index (χ0) is 15.0. The van der Waals surface area contributed by atoms with Crippen LogP contribution in [0.25, 0.3) is 0 Å². The Balaban J connectivity index is 1.91. The van der Waals surface area contributed by atoms with Crippen molar-refractivity contribution < 1.29 is 24.6 Å². The highest BCUT2D eigenvalue weighted by Gasteiger charge is 2.78. The van der Waals surface area contributed by atoms with Crippen molar-refractivity contribution in [1.82, 2.24) is 0 Å². The summed E-state index contributed by atoms with van der Waals surface area (Å²) in [4.78, 5) is 36.5. The Labute approximate surface area is 130 Å². The molecule has 1 saturated heterocycles. The van der Waals surface area contributed by atoms with Gasteiger partial charge in [0.1, 0.15) is 5.41 Å². The van der Waals surface area contributed by atoms with E-state index in [-0.39, 0.29) is 24.0 Å². The Morgan fingerprint density at radius 1 is 1.10 bits per heavy atom. The van der Waals surface area contributed by atoms with Crippen LogP contribution < -0.4 is 0 Å². The number of carbonyl (C=O) groups excluding carboxylic acids is 1. The summed E-state index contributed by atoms with van der Waals surface area (Å²) in [5, 5.41) is 19.6. The average molecular weight is 328 g/mol. The Hall–Kier alpha value is -0.690. The van der Waals surface area contributed by atoms with Gasteiger partial charge in [0.15, 0.2) is 5.78 Å². The van der Waals surface area contributed by atoms with Crippen LogP contribution in [0.3, 0.4) is 0 Å². The zero-order valence-corrected chi connectivity index (χ0v) is 13.0. The highest BCUT2D eigenvalue weighted by molar-refractivity contribution is 8.21. The molecule has 4 unspecified atom stereocenters. The van der Waals surface area contributed by atoms with Crippen LogP contribution in [0.2, 0.25) is 0 Å². The molecule has 0 aromatic rings. The monoisotopic (exact) mass is 328 g/mol. The third-order valence-corrected chi connectivity index (χ3v) is 10.0. The molecule has 7 heteroatoms. The third-order valence-electron chi connectivity index (χ3n) is 5.94. The van der Waals surface area contributed by atoms with Gasteiger partial charge >= 0.3 is 11.9 Å². The Morgan fingerprint density at radius 2 is 1.76 bits per heavy atom. The maximum Gasteiger partial charge on any atom is 0.317 e. The quantitative estimate of drug-likeness (QED) is 0.746. The molecule has 0 aromatic carbocycles. The van der Waals surface area contributed by atoms with E-state index in [1.807, 2.05) is 0 Å². The molecule has 1 aliphatic heterocycles. The van der Waals surface area contributed by atoms with Gasteiger partial charge in [0.25, 0.3) is 0 Å². The molecule has 4 aliphatic carbocycles. The summed E-state index contributed by atoms with van der Waals surface area (Å²) in [6, 6.07) is 0. The van der Waals surface area contributed by atoms with Crippen molar-refractivity contribution in [3.05, 3.63) is 0 Å². The van der Waals surface area contributed by atoms with Crippen LogP contribution in [0, 0.1) is 22.7 Å². The standard InChI is InChI=1S/C14H16O5S2/c15-9-7-3-8-5-12(9,10(16)17)6-13(4-7,11(18)19)14(8)20-1-2-21-14/h7-8H,1-6H2,(H,16,17)(H,18,19). The second-order valence-electron chi connectivity index (χ2n) is 6.72. The number of rotatable bonds is 2. The highest BCUT2D eigenvalue weighted by atomic mass is 32.2. The molecule has 1 heterocycles. The molecule has 1 spiro atoms. The average Bonchev–Trinajstić information content (AvgIpc) is 2.88. The molecule has 5 rings (SSSR count).